The molecule has 0 amide bonds. The van der Waals surface area contributed by atoms with Crippen LogP contribution in [0.1, 0.15) is 0 Å². The number of hydrogen-bond donors (Lipinski definition) is 0. The fourth-order valence-electron chi connectivity index (χ4n) is 3.01. The van der Waals surface area contributed by atoms with Gasteiger partial charge < -0.3 is 4.42 Å². The highest BCUT2D eigenvalue weighted by atomic mass is 35.5. The van der Waals surface area contributed by atoms with Gasteiger partial charge in [0.15, 0.2) is 4.90 Å². The minimum absolute atomic E-state index is 0.0304. The van der Waals surface area contributed by atoms with E-state index in [2.05, 4.69) is 0 Å². The lowest BCUT2D eigenvalue weighted by atomic mass is 10.0. The van der Waals surface area contributed by atoms with Crippen molar-refractivity contribution in [1.82, 2.24) is 0 Å². The van der Waals surface area contributed by atoms with Crippen LogP contribution in [0.2, 0.25) is 5.02 Å². The molecule has 4 aromatic rings. The summed E-state index contributed by atoms with van der Waals surface area (Å²) in [6.07, 6.45) is 0. The first-order valence-electron chi connectivity index (χ1n) is 8.10. The van der Waals surface area contributed by atoms with Gasteiger partial charge in [-0.25, -0.2) is 13.2 Å². The van der Waals surface area contributed by atoms with Gasteiger partial charge in [0.25, 0.3) is 0 Å². The number of benzene rings is 3. The van der Waals surface area contributed by atoms with E-state index in [9.17, 15) is 13.2 Å². The number of sulfone groups is 1. The highest BCUT2D eigenvalue weighted by Crippen LogP contribution is 2.35. The SMILES string of the molecule is O=c1oc2cc(Cl)ccc2c(-c2ccccc2)c1S(=O)(=O)c1ccccc1. The second kappa shape index (κ2) is 6.68. The number of fused-ring (bicyclic) bond motifs is 1. The fourth-order valence-corrected chi connectivity index (χ4v) is 4.68. The lowest BCUT2D eigenvalue weighted by Gasteiger charge is -2.12. The maximum Gasteiger partial charge on any atom is 0.356 e. The molecule has 0 N–H and O–H groups in total. The quantitative estimate of drug-likeness (QED) is 0.460. The second-order valence-electron chi connectivity index (χ2n) is 5.92. The van der Waals surface area contributed by atoms with Crippen LogP contribution in [0.4, 0.5) is 0 Å². The summed E-state index contributed by atoms with van der Waals surface area (Å²) in [7, 11) is -4.09. The van der Waals surface area contributed by atoms with Gasteiger partial charge in [-0.1, -0.05) is 60.1 Å². The van der Waals surface area contributed by atoms with Crippen LogP contribution in [0, 0.1) is 0 Å². The molecule has 4 nitrogen and oxygen atoms in total. The van der Waals surface area contributed by atoms with Crippen molar-refractivity contribution in [3.05, 3.63) is 94.3 Å². The third-order valence-electron chi connectivity index (χ3n) is 4.21. The molecule has 3 aromatic carbocycles. The molecule has 6 heteroatoms. The average Bonchev–Trinajstić information content (AvgIpc) is 2.68. The van der Waals surface area contributed by atoms with Crippen molar-refractivity contribution >= 4 is 32.4 Å². The molecule has 0 aliphatic carbocycles. The smallest absolute Gasteiger partial charge is 0.356 e. The summed E-state index contributed by atoms with van der Waals surface area (Å²) in [6, 6.07) is 21.5. The first-order chi connectivity index (χ1) is 13.0. The molecule has 0 aliphatic heterocycles. The zero-order valence-electron chi connectivity index (χ0n) is 13.9. The summed E-state index contributed by atoms with van der Waals surface area (Å²) in [5, 5.41) is 0.892. The highest BCUT2D eigenvalue weighted by Gasteiger charge is 2.29. The molecule has 0 radical (unpaired) electrons. The third-order valence-corrected chi connectivity index (χ3v) is 6.25. The minimum atomic E-state index is -4.09. The van der Waals surface area contributed by atoms with E-state index in [0.717, 1.165) is 0 Å². The molecule has 0 fully saturated rings. The van der Waals surface area contributed by atoms with E-state index >= 15 is 0 Å². The molecule has 0 aliphatic rings. The standard InChI is InChI=1S/C21H13ClO4S/c22-15-11-12-17-18(13-15)26-21(23)20(19(17)14-7-3-1-4-8-14)27(24,25)16-9-5-2-6-10-16/h1-13H. The van der Waals surface area contributed by atoms with Crippen molar-refractivity contribution in [2.75, 3.05) is 0 Å². The predicted octanol–water partition coefficient (Wildman–Crippen LogP) is 4.95. The monoisotopic (exact) mass is 396 g/mol. The van der Waals surface area contributed by atoms with Crippen molar-refractivity contribution in [2.24, 2.45) is 0 Å². The highest BCUT2D eigenvalue weighted by molar-refractivity contribution is 7.91. The second-order valence-corrected chi connectivity index (χ2v) is 8.24. The minimum Gasteiger partial charge on any atom is -0.422 e. The number of halogens is 1. The van der Waals surface area contributed by atoms with Crippen molar-refractivity contribution in [3.63, 3.8) is 0 Å². The van der Waals surface area contributed by atoms with Crippen LogP contribution in [-0.2, 0) is 9.84 Å². The summed E-state index contributed by atoms with van der Waals surface area (Å²) in [5.74, 6) is 0. The molecular formula is C21H13ClO4S. The van der Waals surface area contributed by atoms with E-state index in [1.165, 1.54) is 18.2 Å². The Hall–Kier alpha value is -2.89. The molecule has 27 heavy (non-hydrogen) atoms. The van der Waals surface area contributed by atoms with Gasteiger partial charge in [0, 0.05) is 22.0 Å². The predicted molar refractivity (Wildman–Crippen MR) is 105 cm³/mol. The van der Waals surface area contributed by atoms with Crippen molar-refractivity contribution < 1.29 is 12.8 Å². The Kier molecular flexibility index (Phi) is 4.34. The van der Waals surface area contributed by atoms with E-state index in [0.29, 0.717) is 21.5 Å². The van der Waals surface area contributed by atoms with Crippen LogP contribution < -0.4 is 5.63 Å². The average molecular weight is 397 g/mol. The molecule has 1 heterocycles. The van der Waals surface area contributed by atoms with Gasteiger partial charge in [-0.2, -0.15) is 0 Å². The van der Waals surface area contributed by atoms with Crippen LogP contribution in [0.3, 0.4) is 0 Å². The number of rotatable bonds is 3. The largest absolute Gasteiger partial charge is 0.422 e. The van der Waals surface area contributed by atoms with Gasteiger partial charge in [0.05, 0.1) is 4.90 Å². The zero-order chi connectivity index (χ0) is 19.0. The molecule has 0 atom stereocenters. The van der Waals surface area contributed by atoms with Crippen LogP contribution in [0.15, 0.2) is 97.9 Å². The van der Waals surface area contributed by atoms with Crippen molar-refractivity contribution in [3.8, 4) is 11.1 Å². The van der Waals surface area contributed by atoms with Gasteiger partial charge in [-0.15, -0.1) is 0 Å². The maximum absolute atomic E-state index is 13.3. The third kappa shape index (κ3) is 3.05. The van der Waals surface area contributed by atoms with E-state index in [1.54, 1.807) is 54.6 Å². The van der Waals surface area contributed by atoms with Gasteiger partial charge in [0.1, 0.15) is 5.58 Å². The zero-order valence-corrected chi connectivity index (χ0v) is 15.5. The summed E-state index contributed by atoms with van der Waals surface area (Å²) < 4.78 is 31.9. The van der Waals surface area contributed by atoms with Crippen molar-refractivity contribution in [2.45, 2.75) is 9.79 Å². The van der Waals surface area contributed by atoms with Gasteiger partial charge in [0.2, 0.25) is 9.84 Å². The molecular weight excluding hydrogens is 384 g/mol. The lowest BCUT2D eigenvalue weighted by Crippen LogP contribution is -2.16. The van der Waals surface area contributed by atoms with Crippen LogP contribution in [0.5, 0.6) is 0 Å². The molecule has 134 valence electrons. The Morgan fingerprint density at radius 3 is 2.11 bits per heavy atom. The van der Waals surface area contributed by atoms with Gasteiger partial charge in [-0.3, -0.25) is 0 Å². The topological polar surface area (TPSA) is 64.3 Å². The van der Waals surface area contributed by atoms with E-state index < -0.39 is 15.5 Å². The Bertz CT molecular complexity index is 1290. The van der Waals surface area contributed by atoms with Crippen molar-refractivity contribution in [1.29, 1.82) is 0 Å². The maximum atomic E-state index is 13.3. The molecule has 0 bridgehead atoms. The Morgan fingerprint density at radius 1 is 0.815 bits per heavy atom. The molecule has 1 aromatic heterocycles. The summed E-state index contributed by atoms with van der Waals surface area (Å²) in [5.41, 5.74) is 0.223. The lowest BCUT2D eigenvalue weighted by molar-refractivity contribution is 0.533. The first-order valence-corrected chi connectivity index (χ1v) is 9.96. The normalized spacial score (nSPS) is 11.6. The summed E-state index contributed by atoms with van der Waals surface area (Å²) in [6.45, 7) is 0. The molecule has 0 saturated carbocycles. The number of hydrogen-bond acceptors (Lipinski definition) is 4. The Labute approximate surface area is 160 Å². The van der Waals surface area contributed by atoms with E-state index in [4.69, 9.17) is 16.0 Å². The van der Waals surface area contributed by atoms with Gasteiger partial charge >= 0.3 is 5.63 Å². The van der Waals surface area contributed by atoms with Crippen LogP contribution in [0.25, 0.3) is 22.1 Å². The Balaban J connectivity index is 2.17. The van der Waals surface area contributed by atoms with E-state index in [-0.39, 0.29) is 15.4 Å². The fraction of sp³-hybridized carbons (Fsp3) is 0. The van der Waals surface area contributed by atoms with Crippen LogP contribution >= 0.6 is 11.6 Å². The summed E-state index contributed by atoms with van der Waals surface area (Å²) in [4.78, 5) is 12.4. The molecule has 4 rings (SSSR count). The molecule has 0 spiro atoms. The molecule has 0 saturated heterocycles. The Morgan fingerprint density at radius 2 is 1.44 bits per heavy atom. The van der Waals surface area contributed by atoms with Crippen LogP contribution in [-0.4, -0.2) is 8.42 Å². The molecule has 0 unspecified atom stereocenters. The summed E-state index contributed by atoms with van der Waals surface area (Å²) >= 11 is 6.01. The van der Waals surface area contributed by atoms with E-state index in [1.807, 2.05) is 6.07 Å². The van der Waals surface area contributed by atoms with Gasteiger partial charge in [-0.05, 0) is 29.8 Å². The first kappa shape index (κ1) is 17.5.